The molecule has 112 valence electrons. The van der Waals surface area contributed by atoms with Gasteiger partial charge in [-0.25, -0.2) is 0 Å². The minimum Gasteiger partial charge on any atom is -0.383 e. The van der Waals surface area contributed by atoms with Gasteiger partial charge in [-0.3, -0.25) is 4.90 Å². The van der Waals surface area contributed by atoms with Crippen LogP contribution in [0, 0.1) is 5.41 Å². The highest BCUT2D eigenvalue weighted by Gasteiger charge is 2.32. The van der Waals surface area contributed by atoms with Crippen molar-refractivity contribution in [3.63, 3.8) is 0 Å². The van der Waals surface area contributed by atoms with E-state index in [2.05, 4.69) is 35.8 Å². The number of thioether (sulfide) groups is 1. The van der Waals surface area contributed by atoms with E-state index in [1.54, 1.807) is 0 Å². The van der Waals surface area contributed by atoms with Crippen LogP contribution in [0.25, 0.3) is 0 Å². The molecule has 2 aliphatic heterocycles. The van der Waals surface area contributed by atoms with E-state index >= 15 is 0 Å². The van der Waals surface area contributed by atoms with Crippen LogP contribution in [-0.4, -0.2) is 61.8 Å². The van der Waals surface area contributed by atoms with Gasteiger partial charge in [0.2, 0.25) is 0 Å². The molecule has 1 N–H and O–H groups in total. The Balaban J connectivity index is 1.91. The van der Waals surface area contributed by atoms with Gasteiger partial charge in [0, 0.05) is 38.0 Å². The fourth-order valence-electron chi connectivity index (χ4n) is 3.29. The predicted molar refractivity (Wildman–Crippen MR) is 84.0 cm³/mol. The minimum absolute atomic E-state index is 0.488. The third kappa shape index (κ3) is 4.92. The summed E-state index contributed by atoms with van der Waals surface area (Å²) in [6.45, 7) is 9.16. The van der Waals surface area contributed by atoms with Gasteiger partial charge in [0.05, 0.1) is 6.61 Å². The van der Waals surface area contributed by atoms with Gasteiger partial charge in [-0.2, -0.15) is 11.8 Å². The van der Waals surface area contributed by atoms with Crippen molar-refractivity contribution in [2.45, 2.75) is 45.2 Å². The monoisotopic (exact) mass is 286 g/mol. The number of nitrogens with one attached hydrogen (secondary N) is 1. The van der Waals surface area contributed by atoms with Crippen LogP contribution >= 0.6 is 11.8 Å². The molecule has 0 amide bonds. The first kappa shape index (κ1) is 15.6. The predicted octanol–water partition coefficient (Wildman–Crippen LogP) is 2.22. The smallest absolute Gasteiger partial charge is 0.0589 e. The maximum atomic E-state index is 5.31. The lowest BCUT2D eigenvalue weighted by atomic mass is 9.87. The summed E-state index contributed by atoms with van der Waals surface area (Å²) in [6.07, 6.45) is 4.01. The Kier molecular flexibility index (Phi) is 6.00. The number of ether oxygens (including phenoxy) is 1. The fourth-order valence-corrected chi connectivity index (χ4v) is 4.68. The highest BCUT2D eigenvalue weighted by atomic mass is 32.2. The van der Waals surface area contributed by atoms with Crippen LogP contribution < -0.4 is 5.32 Å². The van der Waals surface area contributed by atoms with Crippen LogP contribution in [0.3, 0.4) is 0 Å². The van der Waals surface area contributed by atoms with Crippen molar-refractivity contribution < 1.29 is 4.74 Å². The van der Waals surface area contributed by atoms with E-state index in [-0.39, 0.29) is 0 Å². The summed E-state index contributed by atoms with van der Waals surface area (Å²) in [5.41, 5.74) is 0.488. The third-order valence-electron chi connectivity index (χ3n) is 4.31. The van der Waals surface area contributed by atoms with E-state index in [1.807, 2.05) is 7.11 Å². The van der Waals surface area contributed by atoms with Crippen LogP contribution in [0.1, 0.15) is 33.1 Å². The molecule has 0 spiro atoms. The van der Waals surface area contributed by atoms with E-state index < -0.39 is 0 Å². The van der Waals surface area contributed by atoms with Gasteiger partial charge in [0.15, 0.2) is 0 Å². The number of nitrogens with zero attached hydrogens (tertiary/aromatic N) is 1. The number of rotatable bonds is 6. The first-order valence-electron chi connectivity index (χ1n) is 7.65. The van der Waals surface area contributed by atoms with E-state index in [0.717, 1.165) is 19.2 Å². The SMILES string of the molecule is COCCN(CC1CCCN1)C1CSCC(C)(C)C1. The lowest BCUT2D eigenvalue weighted by Crippen LogP contribution is -2.49. The quantitative estimate of drug-likeness (QED) is 0.809. The van der Waals surface area contributed by atoms with Gasteiger partial charge in [0.1, 0.15) is 0 Å². The van der Waals surface area contributed by atoms with Crippen LogP contribution in [0.2, 0.25) is 0 Å². The van der Waals surface area contributed by atoms with Crippen LogP contribution in [0.4, 0.5) is 0 Å². The van der Waals surface area contributed by atoms with Crippen molar-refractivity contribution in [2.24, 2.45) is 5.41 Å². The highest BCUT2D eigenvalue weighted by Crippen LogP contribution is 2.35. The highest BCUT2D eigenvalue weighted by molar-refractivity contribution is 7.99. The van der Waals surface area contributed by atoms with Crippen LogP contribution in [0.5, 0.6) is 0 Å². The molecule has 0 aromatic rings. The Hall–Kier alpha value is 0.230. The first-order valence-corrected chi connectivity index (χ1v) is 8.80. The molecule has 0 radical (unpaired) electrons. The van der Waals surface area contributed by atoms with Crippen molar-refractivity contribution >= 4 is 11.8 Å². The molecule has 19 heavy (non-hydrogen) atoms. The molecule has 2 saturated heterocycles. The standard InChI is InChI=1S/C15H30N2OS/c1-15(2)9-14(11-19-12-15)17(7-8-18-3)10-13-5-4-6-16-13/h13-14,16H,4-12H2,1-3H3. The zero-order chi connectivity index (χ0) is 13.7. The Bertz CT molecular complexity index is 267. The van der Waals surface area contributed by atoms with E-state index in [1.165, 1.54) is 43.9 Å². The van der Waals surface area contributed by atoms with Crippen molar-refractivity contribution in [3.8, 4) is 0 Å². The summed E-state index contributed by atoms with van der Waals surface area (Å²) in [5.74, 6) is 2.60. The molecule has 2 rings (SSSR count). The molecule has 4 heteroatoms. The molecule has 0 aromatic carbocycles. The van der Waals surface area contributed by atoms with Gasteiger partial charge in [-0.15, -0.1) is 0 Å². The summed E-state index contributed by atoms with van der Waals surface area (Å²) < 4.78 is 5.31. The lowest BCUT2D eigenvalue weighted by Gasteiger charge is -2.41. The molecule has 2 atom stereocenters. The lowest BCUT2D eigenvalue weighted by molar-refractivity contribution is 0.0996. The fraction of sp³-hybridized carbons (Fsp3) is 1.00. The Morgan fingerprint density at radius 2 is 2.26 bits per heavy atom. The van der Waals surface area contributed by atoms with Gasteiger partial charge in [-0.1, -0.05) is 13.8 Å². The van der Waals surface area contributed by atoms with Crippen LogP contribution in [0.15, 0.2) is 0 Å². The molecule has 0 saturated carbocycles. The van der Waals surface area contributed by atoms with E-state index in [9.17, 15) is 0 Å². The molecule has 0 bridgehead atoms. The summed E-state index contributed by atoms with van der Waals surface area (Å²) in [6, 6.07) is 1.43. The van der Waals surface area contributed by atoms with E-state index in [0.29, 0.717) is 11.5 Å². The summed E-state index contributed by atoms with van der Waals surface area (Å²) in [4.78, 5) is 2.68. The first-order chi connectivity index (χ1) is 9.11. The molecule has 0 aliphatic carbocycles. The van der Waals surface area contributed by atoms with Gasteiger partial charge < -0.3 is 10.1 Å². The number of methoxy groups -OCH3 is 1. The zero-order valence-electron chi connectivity index (χ0n) is 12.8. The minimum atomic E-state index is 0.488. The molecule has 3 nitrogen and oxygen atoms in total. The Labute approximate surface area is 122 Å². The Morgan fingerprint density at radius 1 is 1.42 bits per heavy atom. The third-order valence-corrected chi connectivity index (χ3v) is 5.91. The largest absolute Gasteiger partial charge is 0.383 e. The van der Waals surface area contributed by atoms with Crippen molar-refractivity contribution in [1.29, 1.82) is 0 Å². The van der Waals surface area contributed by atoms with E-state index in [4.69, 9.17) is 4.74 Å². The van der Waals surface area contributed by atoms with Crippen molar-refractivity contribution in [2.75, 3.05) is 44.9 Å². The Morgan fingerprint density at radius 3 is 2.89 bits per heavy atom. The second kappa shape index (κ2) is 7.30. The average Bonchev–Trinajstić information content (AvgIpc) is 2.86. The summed E-state index contributed by atoms with van der Waals surface area (Å²) >= 11 is 2.13. The molecular weight excluding hydrogens is 256 g/mol. The summed E-state index contributed by atoms with van der Waals surface area (Å²) in [7, 11) is 1.81. The van der Waals surface area contributed by atoms with Gasteiger partial charge >= 0.3 is 0 Å². The molecule has 2 aliphatic rings. The maximum absolute atomic E-state index is 5.31. The van der Waals surface area contributed by atoms with Gasteiger partial charge in [0.25, 0.3) is 0 Å². The molecule has 0 aromatic heterocycles. The van der Waals surface area contributed by atoms with Gasteiger partial charge in [-0.05, 0) is 37.0 Å². The normalized spacial score (nSPS) is 30.9. The molecule has 2 unspecified atom stereocenters. The topological polar surface area (TPSA) is 24.5 Å². The molecular formula is C15H30N2OS. The van der Waals surface area contributed by atoms with Crippen molar-refractivity contribution in [1.82, 2.24) is 10.2 Å². The summed E-state index contributed by atoms with van der Waals surface area (Å²) in [5, 5.41) is 3.63. The maximum Gasteiger partial charge on any atom is 0.0589 e. The van der Waals surface area contributed by atoms with Crippen LogP contribution in [-0.2, 0) is 4.74 Å². The molecule has 2 fully saturated rings. The second-order valence-electron chi connectivity index (χ2n) is 6.82. The zero-order valence-corrected chi connectivity index (χ0v) is 13.6. The second-order valence-corrected chi connectivity index (χ2v) is 7.85. The molecule has 2 heterocycles. The average molecular weight is 286 g/mol. The van der Waals surface area contributed by atoms with Crippen molar-refractivity contribution in [3.05, 3.63) is 0 Å². The number of hydrogen-bond acceptors (Lipinski definition) is 4. The number of hydrogen-bond donors (Lipinski definition) is 1.